The molecule has 0 aliphatic carbocycles. The number of nitrogens with zero attached hydrogens (tertiary/aromatic N) is 3. The molecule has 3 N–H and O–H groups in total. The second-order valence-corrected chi connectivity index (χ2v) is 7.34. The van der Waals surface area contributed by atoms with Crippen molar-refractivity contribution in [3.63, 3.8) is 0 Å². The molecule has 4 rings (SSSR count). The third-order valence-electron chi connectivity index (χ3n) is 5.67. The minimum atomic E-state index is -0.00674. The van der Waals surface area contributed by atoms with E-state index in [1.54, 1.807) is 0 Å². The fourth-order valence-corrected chi connectivity index (χ4v) is 3.97. The van der Waals surface area contributed by atoms with Gasteiger partial charge in [0, 0.05) is 50.3 Å². The quantitative estimate of drug-likeness (QED) is 0.760. The Hall–Kier alpha value is -2.48. The Labute approximate surface area is 166 Å². The van der Waals surface area contributed by atoms with E-state index < -0.39 is 0 Å². The Morgan fingerprint density at radius 3 is 2.61 bits per heavy atom. The number of carbonyl (C=O) groups is 1. The van der Waals surface area contributed by atoms with E-state index in [-0.39, 0.29) is 12.2 Å². The summed E-state index contributed by atoms with van der Waals surface area (Å²) in [5.74, 6) is 0. The number of benzene rings is 1. The number of rotatable bonds is 4. The van der Waals surface area contributed by atoms with E-state index in [9.17, 15) is 4.79 Å². The smallest absolute Gasteiger partial charge is 0.321 e. The second-order valence-electron chi connectivity index (χ2n) is 7.34. The molecule has 0 saturated carbocycles. The zero-order valence-corrected chi connectivity index (χ0v) is 16.3. The number of nitrogens with one attached hydrogen (secondary N) is 3. The van der Waals surface area contributed by atoms with E-state index in [1.165, 1.54) is 5.56 Å². The Kier molecular flexibility index (Phi) is 5.85. The Bertz CT molecular complexity index is 790. The lowest BCUT2D eigenvalue weighted by molar-refractivity contribution is 0.103. The molecule has 0 bridgehead atoms. The number of pyridine rings is 1. The van der Waals surface area contributed by atoms with Crippen LogP contribution in [0.2, 0.25) is 0 Å². The molecule has 2 fully saturated rings. The third kappa shape index (κ3) is 4.16. The Balaban J connectivity index is 1.28. The van der Waals surface area contributed by atoms with Crippen LogP contribution in [0.25, 0.3) is 0 Å². The lowest BCUT2D eigenvalue weighted by atomic mass is 10.1. The average Bonchev–Trinajstić information content (AvgIpc) is 3.25. The molecule has 148 valence electrons. The van der Waals surface area contributed by atoms with Crippen molar-refractivity contribution in [2.45, 2.75) is 32.0 Å². The number of para-hydroxylation sites is 1. The van der Waals surface area contributed by atoms with E-state index in [0.29, 0.717) is 6.04 Å². The lowest BCUT2D eigenvalue weighted by Gasteiger charge is -2.37. The number of aromatic nitrogens is 1. The van der Waals surface area contributed by atoms with Gasteiger partial charge in [0.05, 0.1) is 6.17 Å². The Morgan fingerprint density at radius 1 is 1.11 bits per heavy atom. The van der Waals surface area contributed by atoms with Gasteiger partial charge in [-0.1, -0.05) is 25.1 Å². The summed E-state index contributed by atoms with van der Waals surface area (Å²) in [6.07, 6.45) is 5.85. The van der Waals surface area contributed by atoms with E-state index in [1.807, 2.05) is 35.5 Å². The standard InChI is InChI=1S/C21H28N6O/c1-2-16-5-3-4-6-18(16)23-21(28)27-13-11-26(12-14-27)20-15-19(24-25-20)17-7-9-22-10-8-17/h3-10,19-20,24-25H,2,11-15H2,1H3,(H,23,28). The van der Waals surface area contributed by atoms with E-state index in [0.717, 1.165) is 50.3 Å². The van der Waals surface area contributed by atoms with E-state index >= 15 is 0 Å². The highest BCUT2D eigenvalue weighted by Crippen LogP contribution is 2.24. The predicted molar refractivity (Wildman–Crippen MR) is 110 cm³/mol. The molecule has 2 aliphatic heterocycles. The monoisotopic (exact) mass is 380 g/mol. The van der Waals surface area contributed by atoms with Crippen LogP contribution < -0.4 is 16.2 Å². The van der Waals surface area contributed by atoms with Gasteiger partial charge in [0.1, 0.15) is 0 Å². The van der Waals surface area contributed by atoms with Crippen molar-refractivity contribution < 1.29 is 4.79 Å². The molecular formula is C21H28N6O. The van der Waals surface area contributed by atoms with E-state index in [4.69, 9.17) is 0 Å². The zero-order valence-electron chi connectivity index (χ0n) is 16.3. The van der Waals surface area contributed by atoms with Gasteiger partial charge in [0.15, 0.2) is 0 Å². The van der Waals surface area contributed by atoms with Crippen molar-refractivity contribution in [2.75, 3.05) is 31.5 Å². The van der Waals surface area contributed by atoms with Gasteiger partial charge in [-0.3, -0.25) is 9.88 Å². The molecule has 28 heavy (non-hydrogen) atoms. The number of hydrogen-bond acceptors (Lipinski definition) is 5. The van der Waals surface area contributed by atoms with Crippen LogP contribution in [-0.2, 0) is 6.42 Å². The zero-order chi connectivity index (χ0) is 19.3. The summed E-state index contributed by atoms with van der Waals surface area (Å²) in [6.45, 7) is 5.30. The maximum absolute atomic E-state index is 12.7. The fraction of sp³-hybridized carbons (Fsp3) is 0.429. The van der Waals surface area contributed by atoms with Crippen LogP contribution in [0.15, 0.2) is 48.8 Å². The number of hydrazine groups is 1. The van der Waals surface area contributed by atoms with Crippen LogP contribution in [0.1, 0.15) is 30.5 Å². The van der Waals surface area contributed by atoms with Crippen LogP contribution in [-0.4, -0.2) is 53.2 Å². The number of carbonyl (C=O) groups excluding carboxylic acids is 1. The van der Waals surface area contributed by atoms with Crippen LogP contribution >= 0.6 is 0 Å². The summed E-state index contributed by atoms with van der Waals surface area (Å²) in [6, 6.07) is 12.4. The molecule has 0 radical (unpaired) electrons. The molecule has 2 amide bonds. The molecule has 2 unspecified atom stereocenters. The summed E-state index contributed by atoms with van der Waals surface area (Å²) in [7, 11) is 0. The summed E-state index contributed by atoms with van der Waals surface area (Å²) in [5.41, 5.74) is 10.1. The lowest BCUT2D eigenvalue weighted by Crippen LogP contribution is -2.55. The van der Waals surface area contributed by atoms with Gasteiger partial charge in [-0.2, -0.15) is 0 Å². The van der Waals surface area contributed by atoms with E-state index in [2.05, 4.69) is 51.2 Å². The molecule has 7 heteroatoms. The Morgan fingerprint density at radius 2 is 1.86 bits per heavy atom. The normalized spacial score (nSPS) is 23.0. The van der Waals surface area contributed by atoms with Crippen molar-refractivity contribution in [1.29, 1.82) is 0 Å². The largest absolute Gasteiger partial charge is 0.322 e. The maximum Gasteiger partial charge on any atom is 0.321 e. The van der Waals surface area contributed by atoms with Gasteiger partial charge in [0.25, 0.3) is 0 Å². The summed E-state index contributed by atoms with van der Waals surface area (Å²) in [4.78, 5) is 21.1. The van der Waals surface area contributed by atoms with Crippen LogP contribution in [0.3, 0.4) is 0 Å². The van der Waals surface area contributed by atoms with Gasteiger partial charge >= 0.3 is 6.03 Å². The van der Waals surface area contributed by atoms with Crippen LogP contribution in [0, 0.1) is 0 Å². The van der Waals surface area contributed by atoms with Crippen molar-refractivity contribution >= 4 is 11.7 Å². The molecular weight excluding hydrogens is 352 g/mol. The van der Waals surface area contributed by atoms with Gasteiger partial charge in [0.2, 0.25) is 0 Å². The maximum atomic E-state index is 12.7. The molecule has 2 aromatic rings. The van der Waals surface area contributed by atoms with Gasteiger partial charge in [-0.15, -0.1) is 0 Å². The van der Waals surface area contributed by atoms with Crippen molar-refractivity contribution in [1.82, 2.24) is 25.6 Å². The summed E-state index contributed by atoms with van der Waals surface area (Å²) < 4.78 is 0. The molecule has 0 spiro atoms. The van der Waals surface area contributed by atoms with Crippen molar-refractivity contribution in [3.8, 4) is 0 Å². The fourth-order valence-electron chi connectivity index (χ4n) is 3.97. The topological polar surface area (TPSA) is 72.5 Å². The first-order valence-corrected chi connectivity index (χ1v) is 10.0. The number of hydrogen-bond donors (Lipinski definition) is 3. The van der Waals surface area contributed by atoms with Gasteiger partial charge in [-0.05, 0) is 42.2 Å². The molecule has 2 atom stereocenters. The highest BCUT2D eigenvalue weighted by Gasteiger charge is 2.32. The molecule has 1 aromatic heterocycles. The van der Waals surface area contributed by atoms with Crippen LogP contribution in [0.4, 0.5) is 10.5 Å². The van der Waals surface area contributed by atoms with Gasteiger partial charge in [-0.25, -0.2) is 15.6 Å². The minimum Gasteiger partial charge on any atom is -0.322 e. The molecule has 7 nitrogen and oxygen atoms in total. The number of urea groups is 1. The molecule has 2 aliphatic rings. The SMILES string of the molecule is CCc1ccccc1NC(=O)N1CCN(C2CC(c3ccncc3)NN2)CC1. The first-order valence-electron chi connectivity index (χ1n) is 10.0. The molecule has 1 aromatic carbocycles. The van der Waals surface area contributed by atoms with Crippen molar-refractivity contribution in [2.24, 2.45) is 0 Å². The number of aryl methyl sites for hydroxylation is 1. The average molecular weight is 380 g/mol. The highest BCUT2D eigenvalue weighted by molar-refractivity contribution is 5.90. The van der Waals surface area contributed by atoms with Crippen molar-refractivity contribution in [3.05, 3.63) is 59.9 Å². The summed E-state index contributed by atoms with van der Waals surface area (Å²) >= 11 is 0. The minimum absolute atomic E-state index is 0.00674. The summed E-state index contributed by atoms with van der Waals surface area (Å²) in [5, 5.41) is 3.08. The molecule has 2 saturated heterocycles. The number of piperazine rings is 1. The number of amides is 2. The van der Waals surface area contributed by atoms with Gasteiger partial charge < -0.3 is 10.2 Å². The first-order chi connectivity index (χ1) is 13.7. The molecule has 3 heterocycles. The third-order valence-corrected chi connectivity index (χ3v) is 5.67. The first kappa shape index (κ1) is 18.9. The van der Waals surface area contributed by atoms with Crippen LogP contribution in [0.5, 0.6) is 0 Å². The highest BCUT2D eigenvalue weighted by atomic mass is 16.2. The number of anilines is 1. The second kappa shape index (κ2) is 8.68. The predicted octanol–water partition coefficient (Wildman–Crippen LogP) is 2.36.